The van der Waals surface area contributed by atoms with Crippen molar-refractivity contribution in [2.45, 2.75) is 51.2 Å². The summed E-state index contributed by atoms with van der Waals surface area (Å²) in [5.41, 5.74) is 0.274. The summed E-state index contributed by atoms with van der Waals surface area (Å²) < 4.78 is 39.4. The van der Waals surface area contributed by atoms with Gasteiger partial charge in [0, 0.05) is 31.4 Å². The zero-order chi connectivity index (χ0) is 19.1. The molecule has 2 saturated heterocycles. The van der Waals surface area contributed by atoms with Gasteiger partial charge in [-0.2, -0.15) is 13.2 Å². The number of hydrogen-bond acceptors (Lipinski definition) is 5. The number of piperidine rings is 1. The maximum atomic E-state index is 13.1. The van der Waals surface area contributed by atoms with Crippen molar-refractivity contribution < 1.29 is 23.1 Å². The largest absolute Gasteiger partial charge is 0.480 e. The Morgan fingerprint density at radius 2 is 2.00 bits per heavy atom. The average molecular weight is 372 g/mol. The van der Waals surface area contributed by atoms with Crippen LogP contribution in [0.15, 0.2) is 6.07 Å². The number of carboxylic acid groups (broad SMARTS) is 1. The number of halogens is 3. The summed E-state index contributed by atoms with van der Waals surface area (Å²) in [6.45, 7) is 5.34. The van der Waals surface area contributed by atoms with Crippen LogP contribution in [0, 0.1) is 5.41 Å². The molecule has 1 aromatic rings. The Bertz CT molecular complexity index is 685. The normalized spacial score (nSPS) is 23.0. The van der Waals surface area contributed by atoms with Crippen LogP contribution in [0.1, 0.15) is 50.5 Å². The molecule has 0 radical (unpaired) electrons. The van der Waals surface area contributed by atoms with Crippen LogP contribution in [0.25, 0.3) is 0 Å². The SMILES string of the molecule is CC(C)c1cc(N2CCC3(CC2)CN[C@@H](C(=O)O)C3)nc(C(F)(F)F)n1. The highest BCUT2D eigenvalue weighted by Gasteiger charge is 2.44. The molecular formula is C17H23F3N4O2. The highest BCUT2D eigenvalue weighted by Crippen LogP contribution is 2.40. The van der Waals surface area contributed by atoms with Crippen LogP contribution < -0.4 is 10.2 Å². The highest BCUT2D eigenvalue weighted by molar-refractivity contribution is 5.74. The van der Waals surface area contributed by atoms with Gasteiger partial charge in [-0.25, -0.2) is 9.97 Å². The van der Waals surface area contributed by atoms with Crippen LogP contribution in [0.5, 0.6) is 0 Å². The van der Waals surface area contributed by atoms with Gasteiger partial charge in [0.05, 0.1) is 0 Å². The molecule has 3 rings (SSSR count). The number of aliphatic carboxylic acids is 1. The van der Waals surface area contributed by atoms with E-state index >= 15 is 0 Å². The van der Waals surface area contributed by atoms with Crippen LogP contribution >= 0.6 is 0 Å². The molecule has 26 heavy (non-hydrogen) atoms. The number of anilines is 1. The van der Waals surface area contributed by atoms with Crippen molar-refractivity contribution >= 4 is 11.8 Å². The van der Waals surface area contributed by atoms with E-state index in [1.165, 1.54) is 0 Å². The topological polar surface area (TPSA) is 78.4 Å². The zero-order valence-corrected chi connectivity index (χ0v) is 14.8. The fraction of sp³-hybridized carbons (Fsp3) is 0.706. The second kappa shape index (κ2) is 6.68. The summed E-state index contributed by atoms with van der Waals surface area (Å²) in [4.78, 5) is 20.4. The first kappa shape index (κ1) is 18.9. The lowest BCUT2D eigenvalue weighted by atomic mass is 9.76. The van der Waals surface area contributed by atoms with Crippen molar-refractivity contribution in [2.24, 2.45) is 5.41 Å². The molecule has 0 bridgehead atoms. The predicted octanol–water partition coefficient (Wildman–Crippen LogP) is 2.65. The van der Waals surface area contributed by atoms with E-state index in [0.29, 0.717) is 37.6 Å². The van der Waals surface area contributed by atoms with Crippen LogP contribution in [-0.4, -0.2) is 46.7 Å². The third kappa shape index (κ3) is 3.77. The molecule has 144 valence electrons. The van der Waals surface area contributed by atoms with Gasteiger partial charge >= 0.3 is 12.1 Å². The number of aromatic nitrogens is 2. The second-order valence-electron chi connectivity index (χ2n) is 7.59. The Hall–Kier alpha value is -1.90. The van der Waals surface area contributed by atoms with Gasteiger partial charge < -0.3 is 15.3 Å². The van der Waals surface area contributed by atoms with Gasteiger partial charge in [-0.3, -0.25) is 4.79 Å². The number of carbonyl (C=O) groups is 1. The van der Waals surface area contributed by atoms with Crippen LogP contribution in [0.2, 0.25) is 0 Å². The summed E-state index contributed by atoms with van der Waals surface area (Å²) in [5, 5.41) is 12.2. The molecule has 2 N–H and O–H groups in total. The summed E-state index contributed by atoms with van der Waals surface area (Å²) in [7, 11) is 0. The van der Waals surface area contributed by atoms with Crippen molar-refractivity contribution in [1.82, 2.24) is 15.3 Å². The van der Waals surface area contributed by atoms with Crippen LogP contribution in [0.3, 0.4) is 0 Å². The van der Waals surface area contributed by atoms with E-state index in [1.807, 2.05) is 4.90 Å². The predicted molar refractivity (Wildman–Crippen MR) is 89.0 cm³/mol. The zero-order valence-electron chi connectivity index (χ0n) is 14.8. The molecule has 2 fully saturated rings. The molecule has 9 heteroatoms. The average Bonchev–Trinajstić information content (AvgIpc) is 2.98. The van der Waals surface area contributed by atoms with E-state index in [4.69, 9.17) is 5.11 Å². The van der Waals surface area contributed by atoms with Gasteiger partial charge in [0.25, 0.3) is 0 Å². The molecule has 1 spiro atoms. The first-order chi connectivity index (χ1) is 12.1. The molecular weight excluding hydrogens is 349 g/mol. The second-order valence-corrected chi connectivity index (χ2v) is 7.59. The maximum Gasteiger partial charge on any atom is 0.451 e. The van der Waals surface area contributed by atoms with Crippen molar-refractivity contribution in [3.05, 3.63) is 17.6 Å². The number of rotatable bonds is 3. The van der Waals surface area contributed by atoms with Crippen molar-refractivity contribution in [3.8, 4) is 0 Å². The lowest BCUT2D eigenvalue weighted by Gasteiger charge is -2.39. The Kier molecular flexibility index (Phi) is 4.85. The first-order valence-corrected chi connectivity index (χ1v) is 8.77. The molecule has 0 amide bonds. The number of hydrogen-bond donors (Lipinski definition) is 2. The minimum Gasteiger partial charge on any atom is -0.480 e. The molecule has 0 unspecified atom stereocenters. The van der Waals surface area contributed by atoms with Gasteiger partial charge in [0.2, 0.25) is 5.82 Å². The molecule has 1 atom stereocenters. The fourth-order valence-corrected chi connectivity index (χ4v) is 3.72. The Morgan fingerprint density at radius 1 is 1.35 bits per heavy atom. The lowest BCUT2D eigenvalue weighted by Crippen LogP contribution is -2.41. The number of nitrogens with zero attached hydrogens (tertiary/aromatic N) is 3. The fourth-order valence-electron chi connectivity index (χ4n) is 3.72. The minimum atomic E-state index is -4.58. The van der Waals surface area contributed by atoms with Crippen LogP contribution in [-0.2, 0) is 11.0 Å². The molecule has 0 aliphatic carbocycles. The third-order valence-corrected chi connectivity index (χ3v) is 5.38. The van der Waals surface area contributed by atoms with Gasteiger partial charge in [-0.05, 0) is 30.6 Å². The highest BCUT2D eigenvalue weighted by atomic mass is 19.4. The van der Waals surface area contributed by atoms with Gasteiger partial charge in [-0.15, -0.1) is 0 Å². The Balaban J connectivity index is 1.77. The minimum absolute atomic E-state index is 0.0969. The number of carboxylic acids is 1. The van der Waals surface area contributed by atoms with Crippen molar-refractivity contribution in [3.63, 3.8) is 0 Å². The third-order valence-electron chi connectivity index (χ3n) is 5.38. The molecule has 0 aromatic carbocycles. The number of nitrogens with one attached hydrogen (secondary N) is 1. The molecule has 2 aliphatic rings. The quantitative estimate of drug-likeness (QED) is 0.849. The monoisotopic (exact) mass is 372 g/mol. The lowest BCUT2D eigenvalue weighted by molar-refractivity contribution is -0.145. The molecule has 3 heterocycles. The molecule has 2 aliphatic heterocycles. The summed E-state index contributed by atoms with van der Waals surface area (Å²) in [6.07, 6.45) is -2.57. The summed E-state index contributed by atoms with van der Waals surface area (Å²) >= 11 is 0. The van der Waals surface area contributed by atoms with Gasteiger partial charge in [0.15, 0.2) is 0 Å². The van der Waals surface area contributed by atoms with Gasteiger partial charge in [0.1, 0.15) is 11.9 Å². The maximum absolute atomic E-state index is 13.1. The van der Waals surface area contributed by atoms with Crippen molar-refractivity contribution in [1.29, 1.82) is 0 Å². The molecule has 0 saturated carbocycles. The number of alkyl halides is 3. The van der Waals surface area contributed by atoms with E-state index in [0.717, 1.165) is 12.8 Å². The van der Waals surface area contributed by atoms with E-state index in [-0.39, 0.29) is 11.3 Å². The molecule has 1 aromatic heterocycles. The smallest absolute Gasteiger partial charge is 0.451 e. The van der Waals surface area contributed by atoms with E-state index < -0.39 is 24.0 Å². The Labute approximate surface area is 149 Å². The summed E-state index contributed by atoms with van der Waals surface area (Å²) in [5.74, 6) is -1.79. The van der Waals surface area contributed by atoms with Crippen LogP contribution in [0.4, 0.5) is 19.0 Å². The van der Waals surface area contributed by atoms with E-state index in [1.54, 1.807) is 19.9 Å². The first-order valence-electron chi connectivity index (χ1n) is 8.77. The molecule has 6 nitrogen and oxygen atoms in total. The standard InChI is InChI=1S/C17H23F3N4O2/c1-10(2)11-7-13(23-15(22-11)17(18,19)20)24-5-3-16(4-6-24)8-12(14(25)26)21-9-16/h7,10,12,21H,3-6,8-9H2,1-2H3,(H,25,26)/t12-/m1/s1. The summed E-state index contributed by atoms with van der Waals surface area (Å²) in [6, 6.07) is 1.09. The Morgan fingerprint density at radius 3 is 2.50 bits per heavy atom. The van der Waals surface area contributed by atoms with Gasteiger partial charge in [-0.1, -0.05) is 13.8 Å². The van der Waals surface area contributed by atoms with E-state index in [9.17, 15) is 18.0 Å². The van der Waals surface area contributed by atoms with E-state index in [2.05, 4.69) is 15.3 Å². The van der Waals surface area contributed by atoms with Crippen molar-refractivity contribution in [2.75, 3.05) is 24.5 Å².